The number of rotatable bonds is 5. The molecule has 0 aromatic carbocycles. The van der Waals surface area contributed by atoms with Gasteiger partial charge in [0.15, 0.2) is 0 Å². The quantitative estimate of drug-likeness (QED) is 0.324. The molecule has 0 unspecified atom stereocenters. The van der Waals surface area contributed by atoms with Gasteiger partial charge in [0.25, 0.3) is 0 Å². The molecule has 0 N–H and O–H groups in total. The zero-order chi connectivity index (χ0) is 7.82. The Morgan fingerprint density at radius 3 is 2.70 bits per heavy atom. The van der Waals surface area contributed by atoms with Gasteiger partial charge in [-0.2, -0.15) is 0 Å². The molecule has 0 aromatic heterocycles. The standard InChI is InChI=1S/C9H14O/c1-3-5-7-9(8-10)6-4-2/h4,6,8H,2-3,5,7H2,1H3/b9-6-. The first-order chi connectivity index (χ1) is 4.85. The fourth-order valence-corrected chi connectivity index (χ4v) is 0.714. The van der Waals surface area contributed by atoms with E-state index in [2.05, 4.69) is 13.5 Å². The molecular weight excluding hydrogens is 124 g/mol. The van der Waals surface area contributed by atoms with Gasteiger partial charge in [-0.1, -0.05) is 32.1 Å². The molecule has 1 heteroatoms. The maximum Gasteiger partial charge on any atom is 0.146 e. The Labute approximate surface area is 62.4 Å². The minimum absolute atomic E-state index is 0.844. The van der Waals surface area contributed by atoms with E-state index in [1.807, 2.05) is 0 Å². The van der Waals surface area contributed by atoms with Gasteiger partial charge in [0.2, 0.25) is 0 Å². The van der Waals surface area contributed by atoms with Crippen LogP contribution in [-0.2, 0) is 4.79 Å². The van der Waals surface area contributed by atoms with Crippen molar-refractivity contribution in [2.45, 2.75) is 26.2 Å². The molecule has 0 atom stereocenters. The number of unbranched alkanes of at least 4 members (excludes halogenated alkanes) is 1. The van der Waals surface area contributed by atoms with Gasteiger partial charge >= 0.3 is 0 Å². The monoisotopic (exact) mass is 138 g/mol. The van der Waals surface area contributed by atoms with Crippen LogP contribution in [0.5, 0.6) is 0 Å². The highest BCUT2D eigenvalue weighted by atomic mass is 16.1. The van der Waals surface area contributed by atoms with Crippen LogP contribution in [0, 0.1) is 0 Å². The molecule has 56 valence electrons. The summed E-state index contributed by atoms with van der Waals surface area (Å²) in [7, 11) is 0. The predicted molar refractivity (Wildman–Crippen MR) is 43.9 cm³/mol. The van der Waals surface area contributed by atoms with E-state index in [0.29, 0.717) is 0 Å². The Balaban J connectivity index is 3.70. The molecule has 0 aliphatic rings. The first-order valence-electron chi connectivity index (χ1n) is 3.62. The number of allylic oxidation sites excluding steroid dienone is 3. The first kappa shape index (κ1) is 9.15. The third-order valence-corrected chi connectivity index (χ3v) is 1.30. The summed E-state index contributed by atoms with van der Waals surface area (Å²) in [6.07, 6.45) is 7.41. The highest BCUT2D eigenvalue weighted by molar-refractivity contribution is 5.73. The zero-order valence-corrected chi connectivity index (χ0v) is 6.47. The molecule has 0 spiro atoms. The largest absolute Gasteiger partial charge is 0.298 e. The SMILES string of the molecule is C=C/C=C(\C=O)CCCC. The van der Waals surface area contributed by atoms with Crippen molar-refractivity contribution < 1.29 is 4.79 Å². The summed E-state index contributed by atoms with van der Waals surface area (Å²) in [5.74, 6) is 0. The summed E-state index contributed by atoms with van der Waals surface area (Å²) in [5.41, 5.74) is 0.844. The van der Waals surface area contributed by atoms with E-state index in [4.69, 9.17) is 0 Å². The van der Waals surface area contributed by atoms with E-state index in [0.717, 1.165) is 31.1 Å². The number of aldehydes is 1. The van der Waals surface area contributed by atoms with Crippen molar-refractivity contribution in [3.8, 4) is 0 Å². The minimum atomic E-state index is 0.844. The third-order valence-electron chi connectivity index (χ3n) is 1.30. The number of carbonyl (C=O) groups excluding carboxylic acids is 1. The van der Waals surface area contributed by atoms with Crippen LogP contribution >= 0.6 is 0 Å². The van der Waals surface area contributed by atoms with Gasteiger partial charge in [-0.05, 0) is 18.4 Å². The van der Waals surface area contributed by atoms with Crippen molar-refractivity contribution in [2.75, 3.05) is 0 Å². The van der Waals surface area contributed by atoms with Crippen molar-refractivity contribution in [2.24, 2.45) is 0 Å². The van der Waals surface area contributed by atoms with Crippen LogP contribution in [0.1, 0.15) is 26.2 Å². The van der Waals surface area contributed by atoms with Crippen LogP contribution in [0.3, 0.4) is 0 Å². The summed E-state index contributed by atoms with van der Waals surface area (Å²) >= 11 is 0. The van der Waals surface area contributed by atoms with E-state index in [-0.39, 0.29) is 0 Å². The molecule has 0 saturated heterocycles. The minimum Gasteiger partial charge on any atom is -0.298 e. The van der Waals surface area contributed by atoms with E-state index in [9.17, 15) is 4.79 Å². The predicted octanol–water partition coefficient (Wildman–Crippen LogP) is 2.49. The Bertz CT molecular complexity index is 134. The maximum absolute atomic E-state index is 10.3. The molecule has 0 fully saturated rings. The van der Waals surface area contributed by atoms with Gasteiger partial charge in [-0.3, -0.25) is 4.79 Å². The van der Waals surface area contributed by atoms with Crippen LogP contribution in [0.4, 0.5) is 0 Å². The normalized spacial score (nSPS) is 11.1. The molecule has 0 aromatic rings. The van der Waals surface area contributed by atoms with Gasteiger partial charge in [-0.25, -0.2) is 0 Å². The van der Waals surface area contributed by atoms with Crippen LogP contribution in [0.15, 0.2) is 24.3 Å². The Morgan fingerprint density at radius 1 is 1.60 bits per heavy atom. The highest BCUT2D eigenvalue weighted by Gasteiger charge is 1.90. The zero-order valence-electron chi connectivity index (χ0n) is 6.47. The van der Waals surface area contributed by atoms with Gasteiger partial charge in [0.1, 0.15) is 6.29 Å². The van der Waals surface area contributed by atoms with Gasteiger partial charge in [-0.15, -0.1) is 0 Å². The van der Waals surface area contributed by atoms with Crippen LogP contribution in [-0.4, -0.2) is 6.29 Å². The summed E-state index contributed by atoms with van der Waals surface area (Å²) in [6, 6.07) is 0. The Kier molecular flexibility index (Phi) is 5.74. The molecular formula is C9H14O. The average Bonchev–Trinajstić information content (AvgIpc) is 1.98. The summed E-state index contributed by atoms with van der Waals surface area (Å²) in [6.45, 7) is 5.63. The second-order valence-corrected chi connectivity index (χ2v) is 2.20. The molecule has 0 bridgehead atoms. The van der Waals surface area contributed by atoms with Crippen molar-refractivity contribution in [3.63, 3.8) is 0 Å². The lowest BCUT2D eigenvalue weighted by Crippen LogP contribution is -1.83. The molecule has 0 aliphatic carbocycles. The summed E-state index contributed by atoms with van der Waals surface area (Å²) < 4.78 is 0. The van der Waals surface area contributed by atoms with E-state index in [1.165, 1.54) is 0 Å². The van der Waals surface area contributed by atoms with Gasteiger partial charge in [0, 0.05) is 0 Å². The van der Waals surface area contributed by atoms with Gasteiger partial charge in [0.05, 0.1) is 0 Å². The number of hydrogen-bond donors (Lipinski definition) is 0. The number of hydrogen-bond acceptors (Lipinski definition) is 1. The molecule has 0 heterocycles. The molecule has 0 radical (unpaired) electrons. The average molecular weight is 138 g/mol. The lowest BCUT2D eigenvalue weighted by atomic mass is 10.1. The van der Waals surface area contributed by atoms with E-state index >= 15 is 0 Å². The Hall–Kier alpha value is -0.850. The second kappa shape index (κ2) is 6.27. The van der Waals surface area contributed by atoms with Crippen molar-refractivity contribution in [3.05, 3.63) is 24.3 Å². The van der Waals surface area contributed by atoms with Crippen LogP contribution < -0.4 is 0 Å². The van der Waals surface area contributed by atoms with Crippen molar-refractivity contribution in [1.29, 1.82) is 0 Å². The van der Waals surface area contributed by atoms with E-state index in [1.54, 1.807) is 12.2 Å². The Morgan fingerprint density at radius 2 is 2.30 bits per heavy atom. The fourth-order valence-electron chi connectivity index (χ4n) is 0.714. The van der Waals surface area contributed by atoms with Crippen molar-refractivity contribution >= 4 is 6.29 Å². The molecule has 0 rings (SSSR count). The second-order valence-electron chi connectivity index (χ2n) is 2.20. The molecule has 0 amide bonds. The highest BCUT2D eigenvalue weighted by Crippen LogP contribution is 2.03. The lowest BCUT2D eigenvalue weighted by molar-refractivity contribution is -0.105. The van der Waals surface area contributed by atoms with Crippen molar-refractivity contribution in [1.82, 2.24) is 0 Å². The topological polar surface area (TPSA) is 17.1 Å². The summed E-state index contributed by atoms with van der Waals surface area (Å²) in [4.78, 5) is 10.3. The summed E-state index contributed by atoms with van der Waals surface area (Å²) in [5, 5.41) is 0. The fraction of sp³-hybridized carbons (Fsp3) is 0.444. The molecule has 0 aliphatic heterocycles. The smallest absolute Gasteiger partial charge is 0.146 e. The lowest BCUT2D eigenvalue weighted by Gasteiger charge is -1.93. The third kappa shape index (κ3) is 4.07. The molecule has 1 nitrogen and oxygen atoms in total. The van der Waals surface area contributed by atoms with Crippen LogP contribution in [0.25, 0.3) is 0 Å². The molecule has 10 heavy (non-hydrogen) atoms. The molecule has 0 saturated carbocycles. The van der Waals surface area contributed by atoms with Gasteiger partial charge < -0.3 is 0 Å². The number of carbonyl (C=O) groups is 1. The first-order valence-corrected chi connectivity index (χ1v) is 3.62. The van der Waals surface area contributed by atoms with E-state index < -0.39 is 0 Å². The van der Waals surface area contributed by atoms with Crippen LogP contribution in [0.2, 0.25) is 0 Å². The maximum atomic E-state index is 10.3.